The van der Waals surface area contributed by atoms with Gasteiger partial charge >= 0.3 is 5.97 Å². The summed E-state index contributed by atoms with van der Waals surface area (Å²) in [5, 5.41) is 8.74. The van der Waals surface area contributed by atoms with E-state index in [1.807, 2.05) is 18.2 Å². The van der Waals surface area contributed by atoms with E-state index in [1.54, 1.807) is 13.2 Å². The molecule has 5 nitrogen and oxygen atoms in total. The van der Waals surface area contributed by atoms with Gasteiger partial charge in [0, 0.05) is 12.7 Å². The smallest absolute Gasteiger partial charge is 0.357 e. The Labute approximate surface area is 97.7 Å². The van der Waals surface area contributed by atoms with E-state index in [9.17, 15) is 4.79 Å². The predicted molar refractivity (Wildman–Crippen MR) is 59.6 cm³/mol. The fourth-order valence-electron chi connectivity index (χ4n) is 1.47. The van der Waals surface area contributed by atoms with Crippen LogP contribution in [-0.4, -0.2) is 23.2 Å². The van der Waals surface area contributed by atoms with Crippen molar-refractivity contribution in [3.8, 4) is 11.5 Å². The van der Waals surface area contributed by atoms with Crippen molar-refractivity contribution in [1.29, 1.82) is 0 Å². The van der Waals surface area contributed by atoms with Crippen LogP contribution in [0.25, 0.3) is 11.5 Å². The van der Waals surface area contributed by atoms with Crippen molar-refractivity contribution in [3.05, 3.63) is 41.8 Å². The van der Waals surface area contributed by atoms with E-state index in [0.29, 0.717) is 12.5 Å². The first-order valence-electron chi connectivity index (χ1n) is 4.98. The molecule has 0 spiro atoms. The van der Waals surface area contributed by atoms with Gasteiger partial charge in [0.25, 0.3) is 0 Å². The first-order valence-corrected chi connectivity index (χ1v) is 4.98. The number of carbonyl (C=O) groups is 1. The molecule has 2 aromatic rings. The quantitative estimate of drug-likeness (QED) is 0.876. The minimum Gasteiger partial charge on any atom is -0.476 e. The van der Waals surface area contributed by atoms with Crippen molar-refractivity contribution >= 4 is 5.97 Å². The second-order valence-corrected chi connectivity index (χ2v) is 3.48. The van der Waals surface area contributed by atoms with Crippen LogP contribution < -0.4 is 0 Å². The van der Waals surface area contributed by atoms with Gasteiger partial charge in [0.15, 0.2) is 5.69 Å². The number of oxazole rings is 1. The molecule has 0 fully saturated rings. The van der Waals surface area contributed by atoms with Crippen molar-refractivity contribution in [1.82, 2.24) is 4.98 Å². The molecule has 1 aromatic heterocycles. The van der Waals surface area contributed by atoms with Crippen molar-refractivity contribution < 1.29 is 19.1 Å². The third kappa shape index (κ3) is 2.51. The van der Waals surface area contributed by atoms with Crippen LogP contribution >= 0.6 is 0 Å². The molecule has 0 saturated carbocycles. The van der Waals surface area contributed by atoms with Gasteiger partial charge in [0.2, 0.25) is 5.89 Å². The summed E-state index contributed by atoms with van der Waals surface area (Å²) in [5.41, 5.74) is 1.60. The van der Waals surface area contributed by atoms with Gasteiger partial charge in [-0.25, -0.2) is 9.78 Å². The summed E-state index contributed by atoms with van der Waals surface area (Å²) in [4.78, 5) is 14.5. The number of carboxylic acids is 1. The van der Waals surface area contributed by atoms with Gasteiger partial charge in [0.1, 0.15) is 6.26 Å². The summed E-state index contributed by atoms with van der Waals surface area (Å²) in [6.07, 6.45) is 1.13. The number of benzene rings is 1. The average Bonchev–Trinajstić information content (AvgIpc) is 2.79. The van der Waals surface area contributed by atoms with E-state index in [4.69, 9.17) is 14.3 Å². The third-order valence-electron chi connectivity index (χ3n) is 2.21. The van der Waals surface area contributed by atoms with Crippen LogP contribution in [0.1, 0.15) is 16.1 Å². The van der Waals surface area contributed by atoms with Crippen molar-refractivity contribution in [2.45, 2.75) is 6.61 Å². The van der Waals surface area contributed by atoms with E-state index in [0.717, 1.165) is 17.4 Å². The highest BCUT2D eigenvalue weighted by molar-refractivity contribution is 5.85. The van der Waals surface area contributed by atoms with Gasteiger partial charge in [-0.1, -0.05) is 12.1 Å². The van der Waals surface area contributed by atoms with Gasteiger partial charge in [-0.15, -0.1) is 0 Å². The Morgan fingerprint density at radius 2 is 2.35 bits per heavy atom. The molecule has 1 N–H and O–H groups in total. The van der Waals surface area contributed by atoms with E-state index in [1.165, 1.54) is 0 Å². The Bertz CT molecular complexity index is 533. The van der Waals surface area contributed by atoms with Crippen molar-refractivity contribution in [2.75, 3.05) is 7.11 Å². The molecule has 0 aliphatic carbocycles. The maximum atomic E-state index is 10.7. The van der Waals surface area contributed by atoms with E-state index in [-0.39, 0.29) is 5.69 Å². The Kier molecular flexibility index (Phi) is 3.20. The van der Waals surface area contributed by atoms with Gasteiger partial charge in [0.05, 0.1) is 6.61 Å². The highest BCUT2D eigenvalue weighted by atomic mass is 16.5. The third-order valence-corrected chi connectivity index (χ3v) is 2.21. The molecule has 0 atom stereocenters. The van der Waals surface area contributed by atoms with Gasteiger partial charge in [-0.3, -0.25) is 0 Å². The van der Waals surface area contributed by atoms with Crippen molar-refractivity contribution in [2.24, 2.45) is 0 Å². The summed E-state index contributed by atoms with van der Waals surface area (Å²) >= 11 is 0. The Hall–Kier alpha value is -2.14. The minimum atomic E-state index is -1.10. The molecule has 5 heteroatoms. The van der Waals surface area contributed by atoms with Gasteiger partial charge < -0.3 is 14.3 Å². The summed E-state index contributed by atoms with van der Waals surface area (Å²) in [6.45, 7) is 0.486. The molecule has 0 saturated heterocycles. The first kappa shape index (κ1) is 11.3. The van der Waals surface area contributed by atoms with Crippen LogP contribution in [0.5, 0.6) is 0 Å². The SMILES string of the molecule is COCc1cccc(-c2nc(C(=O)O)co2)c1. The van der Waals surface area contributed by atoms with Crippen LogP contribution in [0.3, 0.4) is 0 Å². The standard InChI is InChI=1S/C12H11NO4/c1-16-6-8-3-2-4-9(5-8)11-13-10(7-17-11)12(14)15/h2-5,7H,6H2,1H3,(H,14,15). The molecule has 0 amide bonds. The van der Waals surface area contributed by atoms with Crippen LogP contribution in [0, 0.1) is 0 Å². The molecule has 1 heterocycles. The zero-order chi connectivity index (χ0) is 12.3. The van der Waals surface area contributed by atoms with Crippen LogP contribution in [-0.2, 0) is 11.3 Å². The van der Waals surface area contributed by atoms with Gasteiger partial charge in [-0.2, -0.15) is 0 Å². The van der Waals surface area contributed by atoms with E-state index < -0.39 is 5.97 Å². The highest BCUT2D eigenvalue weighted by Crippen LogP contribution is 2.20. The summed E-state index contributed by atoms with van der Waals surface area (Å²) in [6, 6.07) is 7.40. The number of methoxy groups -OCH3 is 1. The topological polar surface area (TPSA) is 72.6 Å². The normalized spacial score (nSPS) is 10.4. The van der Waals surface area contributed by atoms with E-state index >= 15 is 0 Å². The number of hydrogen-bond acceptors (Lipinski definition) is 4. The monoisotopic (exact) mass is 233 g/mol. The summed E-state index contributed by atoms with van der Waals surface area (Å²) in [7, 11) is 1.61. The van der Waals surface area contributed by atoms with Crippen molar-refractivity contribution in [3.63, 3.8) is 0 Å². The van der Waals surface area contributed by atoms with Gasteiger partial charge in [-0.05, 0) is 17.7 Å². The van der Waals surface area contributed by atoms with Crippen LogP contribution in [0.4, 0.5) is 0 Å². The zero-order valence-electron chi connectivity index (χ0n) is 9.21. The molecular formula is C12H11NO4. The fraction of sp³-hybridized carbons (Fsp3) is 0.167. The largest absolute Gasteiger partial charge is 0.476 e. The number of rotatable bonds is 4. The molecule has 0 aliphatic rings. The molecule has 88 valence electrons. The zero-order valence-corrected chi connectivity index (χ0v) is 9.21. The molecule has 2 rings (SSSR count). The minimum absolute atomic E-state index is 0.0999. The lowest BCUT2D eigenvalue weighted by atomic mass is 10.1. The number of nitrogens with zero attached hydrogens (tertiary/aromatic N) is 1. The molecule has 1 aromatic carbocycles. The second-order valence-electron chi connectivity index (χ2n) is 3.48. The van der Waals surface area contributed by atoms with Crippen LogP contribution in [0.2, 0.25) is 0 Å². The Morgan fingerprint density at radius 3 is 3.00 bits per heavy atom. The molecule has 0 aliphatic heterocycles. The predicted octanol–water partition coefficient (Wildman–Crippen LogP) is 2.19. The maximum Gasteiger partial charge on any atom is 0.357 e. The number of hydrogen-bond donors (Lipinski definition) is 1. The van der Waals surface area contributed by atoms with E-state index in [2.05, 4.69) is 4.98 Å². The Morgan fingerprint density at radius 1 is 1.53 bits per heavy atom. The number of ether oxygens (including phenoxy) is 1. The average molecular weight is 233 g/mol. The lowest BCUT2D eigenvalue weighted by Crippen LogP contribution is -1.95. The number of aromatic carboxylic acids is 1. The molecular weight excluding hydrogens is 222 g/mol. The number of carboxylic acid groups (broad SMARTS) is 1. The number of aromatic nitrogens is 1. The summed E-state index contributed by atoms with van der Waals surface area (Å²) < 4.78 is 10.1. The molecule has 17 heavy (non-hydrogen) atoms. The maximum absolute atomic E-state index is 10.7. The molecule has 0 radical (unpaired) electrons. The second kappa shape index (κ2) is 4.80. The molecule has 0 unspecified atom stereocenters. The lowest BCUT2D eigenvalue weighted by Gasteiger charge is -2.00. The Balaban J connectivity index is 2.31. The fourth-order valence-corrected chi connectivity index (χ4v) is 1.47. The summed E-state index contributed by atoms with van der Waals surface area (Å²) in [5.74, 6) is -0.812. The molecule has 0 bridgehead atoms. The first-order chi connectivity index (χ1) is 8.20. The lowest BCUT2D eigenvalue weighted by molar-refractivity contribution is 0.0690. The van der Waals surface area contributed by atoms with Crippen LogP contribution in [0.15, 0.2) is 34.9 Å². The highest BCUT2D eigenvalue weighted by Gasteiger charge is 2.11.